The van der Waals surface area contributed by atoms with Crippen LogP contribution >= 0.6 is 0 Å². The molecule has 1 aliphatic heterocycles. The summed E-state index contributed by atoms with van der Waals surface area (Å²) in [7, 11) is 0. The second-order valence-corrected chi connectivity index (χ2v) is 7.66. The number of anilines is 2. The fourth-order valence-electron chi connectivity index (χ4n) is 3.95. The molecule has 150 valence electrons. The largest absolute Gasteiger partial charge is 0.369 e. The van der Waals surface area contributed by atoms with Gasteiger partial charge in [-0.25, -0.2) is 0 Å². The van der Waals surface area contributed by atoms with E-state index >= 15 is 0 Å². The molecule has 2 aromatic rings. The van der Waals surface area contributed by atoms with Crippen LogP contribution in [0.5, 0.6) is 0 Å². The van der Waals surface area contributed by atoms with E-state index in [0.717, 1.165) is 62.4 Å². The Morgan fingerprint density at radius 1 is 1.04 bits per heavy atom. The fourth-order valence-corrected chi connectivity index (χ4v) is 3.95. The number of benzene rings is 2. The number of likely N-dealkylation sites (N-methyl/N-ethyl adjacent to an activating group) is 1. The van der Waals surface area contributed by atoms with Crippen molar-refractivity contribution in [1.82, 2.24) is 4.90 Å². The van der Waals surface area contributed by atoms with Gasteiger partial charge in [-0.1, -0.05) is 50.6 Å². The van der Waals surface area contributed by atoms with Gasteiger partial charge in [-0.15, -0.1) is 0 Å². The van der Waals surface area contributed by atoms with Crippen LogP contribution < -0.4 is 10.2 Å². The van der Waals surface area contributed by atoms with Crippen LogP contribution in [0.25, 0.3) is 0 Å². The number of hydrogen-bond donors (Lipinski definition) is 1. The van der Waals surface area contributed by atoms with Gasteiger partial charge >= 0.3 is 0 Å². The molecule has 0 radical (unpaired) electrons. The molecule has 0 aliphatic carbocycles. The zero-order valence-corrected chi connectivity index (χ0v) is 17.4. The lowest BCUT2D eigenvalue weighted by molar-refractivity contribution is -0.117. The molecule has 1 fully saturated rings. The van der Waals surface area contributed by atoms with Crippen molar-refractivity contribution in [2.45, 2.75) is 39.5 Å². The van der Waals surface area contributed by atoms with Crippen molar-refractivity contribution in [1.29, 1.82) is 0 Å². The maximum atomic E-state index is 13.0. The molecule has 1 unspecified atom stereocenters. The molecule has 1 N–H and O–H groups in total. The molecule has 4 nitrogen and oxygen atoms in total. The molecule has 0 spiro atoms. The number of amides is 1. The first-order valence-electron chi connectivity index (χ1n) is 10.6. The van der Waals surface area contributed by atoms with Gasteiger partial charge in [-0.3, -0.25) is 4.79 Å². The highest BCUT2D eigenvalue weighted by Gasteiger charge is 2.21. The first kappa shape index (κ1) is 20.4. The van der Waals surface area contributed by atoms with Crippen LogP contribution in [0.3, 0.4) is 0 Å². The molecule has 0 saturated carbocycles. The Morgan fingerprint density at radius 2 is 1.75 bits per heavy atom. The molecule has 1 atom stereocenters. The predicted molar refractivity (Wildman–Crippen MR) is 118 cm³/mol. The van der Waals surface area contributed by atoms with Gasteiger partial charge < -0.3 is 15.1 Å². The van der Waals surface area contributed by atoms with Crippen molar-refractivity contribution >= 4 is 17.3 Å². The van der Waals surface area contributed by atoms with Crippen molar-refractivity contribution < 1.29 is 4.79 Å². The molecule has 3 rings (SSSR count). The number of nitrogens with zero attached hydrogens (tertiary/aromatic N) is 2. The monoisotopic (exact) mass is 379 g/mol. The first-order valence-corrected chi connectivity index (χ1v) is 10.6. The Labute approximate surface area is 169 Å². The fraction of sp³-hybridized carbons (Fsp3) is 0.458. The van der Waals surface area contributed by atoms with Gasteiger partial charge in [0.15, 0.2) is 0 Å². The van der Waals surface area contributed by atoms with Gasteiger partial charge in [-0.05, 0) is 49.2 Å². The van der Waals surface area contributed by atoms with Gasteiger partial charge in [0.25, 0.3) is 0 Å². The van der Waals surface area contributed by atoms with Crippen LogP contribution in [-0.4, -0.2) is 43.5 Å². The van der Waals surface area contributed by atoms with Gasteiger partial charge in [0.1, 0.15) is 0 Å². The highest BCUT2D eigenvalue weighted by Crippen LogP contribution is 2.27. The number of nitrogens with one attached hydrogen (secondary N) is 1. The first-order chi connectivity index (χ1) is 13.6. The molecule has 1 amide bonds. The van der Waals surface area contributed by atoms with Crippen LogP contribution in [0.15, 0.2) is 48.5 Å². The van der Waals surface area contributed by atoms with Crippen LogP contribution in [0, 0.1) is 6.92 Å². The van der Waals surface area contributed by atoms with Gasteiger partial charge in [0.2, 0.25) is 5.91 Å². The quantitative estimate of drug-likeness (QED) is 0.760. The number of rotatable bonds is 7. The molecular weight excluding hydrogens is 346 g/mol. The molecule has 0 bridgehead atoms. The molecule has 2 aromatic carbocycles. The Morgan fingerprint density at radius 3 is 2.36 bits per heavy atom. The Bertz CT molecular complexity index is 767. The molecule has 0 aromatic heterocycles. The molecule has 1 heterocycles. The van der Waals surface area contributed by atoms with E-state index in [-0.39, 0.29) is 11.8 Å². The van der Waals surface area contributed by atoms with Crippen LogP contribution in [0.1, 0.15) is 43.7 Å². The number of hydrogen-bond acceptors (Lipinski definition) is 3. The third-order valence-electron chi connectivity index (χ3n) is 5.75. The number of aryl methyl sites for hydroxylation is 1. The summed E-state index contributed by atoms with van der Waals surface area (Å²) >= 11 is 0. The minimum Gasteiger partial charge on any atom is -0.369 e. The maximum Gasteiger partial charge on any atom is 0.231 e. The molecule has 1 saturated heterocycles. The van der Waals surface area contributed by atoms with Crippen LogP contribution in [-0.2, 0) is 4.79 Å². The van der Waals surface area contributed by atoms with Crippen LogP contribution in [0.4, 0.5) is 11.4 Å². The van der Waals surface area contributed by atoms with Gasteiger partial charge in [0.05, 0.1) is 5.92 Å². The molecule has 28 heavy (non-hydrogen) atoms. The third-order valence-corrected chi connectivity index (χ3v) is 5.75. The lowest BCUT2D eigenvalue weighted by Gasteiger charge is -2.35. The number of piperazine rings is 1. The Kier molecular flexibility index (Phi) is 7.10. The van der Waals surface area contributed by atoms with E-state index in [4.69, 9.17) is 0 Å². The van der Waals surface area contributed by atoms with E-state index in [9.17, 15) is 4.79 Å². The van der Waals surface area contributed by atoms with E-state index in [2.05, 4.69) is 54.1 Å². The summed E-state index contributed by atoms with van der Waals surface area (Å²) < 4.78 is 0. The second kappa shape index (κ2) is 9.74. The Hall–Kier alpha value is -2.33. The smallest absolute Gasteiger partial charge is 0.231 e. The van der Waals surface area contributed by atoms with E-state index in [1.165, 1.54) is 5.69 Å². The lowest BCUT2D eigenvalue weighted by atomic mass is 9.93. The minimum atomic E-state index is -0.104. The topological polar surface area (TPSA) is 35.6 Å². The number of carbonyl (C=O) groups is 1. The third kappa shape index (κ3) is 4.93. The Balaban J connectivity index is 1.69. The summed E-state index contributed by atoms with van der Waals surface area (Å²) in [6.45, 7) is 11.9. The number of carbonyl (C=O) groups excluding carboxylic acids is 1. The summed E-state index contributed by atoms with van der Waals surface area (Å²) in [4.78, 5) is 17.9. The second-order valence-electron chi connectivity index (χ2n) is 7.66. The standard InChI is InChI=1S/C24H33N3O/c1-4-9-22(20-10-7-6-8-11-20)24(28)25-23-13-12-21(18-19(23)3)27-16-14-26(5-2)15-17-27/h6-8,10-13,18,22H,4-5,9,14-17H2,1-3H3,(H,25,28). The summed E-state index contributed by atoms with van der Waals surface area (Å²) in [6, 6.07) is 16.5. The maximum absolute atomic E-state index is 13.0. The normalized spacial score (nSPS) is 16.0. The summed E-state index contributed by atoms with van der Waals surface area (Å²) in [5.41, 5.74) is 4.37. The van der Waals surface area contributed by atoms with Crippen molar-refractivity contribution in [2.24, 2.45) is 0 Å². The summed E-state index contributed by atoms with van der Waals surface area (Å²) in [5, 5.41) is 3.17. The zero-order valence-electron chi connectivity index (χ0n) is 17.4. The zero-order chi connectivity index (χ0) is 19.9. The van der Waals surface area contributed by atoms with Gasteiger partial charge in [-0.2, -0.15) is 0 Å². The predicted octanol–water partition coefficient (Wildman–Crippen LogP) is 4.66. The summed E-state index contributed by atoms with van der Waals surface area (Å²) in [5.74, 6) is -0.0205. The van der Waals surface area contributed by atoms with Crippen molar-refractivity contribution in [2.75, 3.05) is 42.9 Å². The van der Waals surface area contributed by atoms with Crippen LogP contribution in [0.2, 0.25) is 0 Å². The van der Waals surface area contributed by atoms with E-state index in [1.807, 2.05) is 30.3 Å². The van der Waals surface area contributed by atoms with Crippen molar-refractivity contribution in [3.8, 4) is 0 Å². The summed E-state index contributed by atoms with van der Waals surface area (Å²) in [6.07, 6.45) is 1.84. The van der Waals surface area contributed by atoms with Gasteiger partial charge in [0, 0.05) is 37.6 Å². The molecule has 4 heteroatoms. The molecular formula is C24H33N3O. The molecule has 1 aliphatic rings. The average Bonchev–Trinajstić information content (AvgIpc) is 2.74. The SMILES string of the molecule is CCCC(C(=O)Nc1ccc(N2CCN(CC)CC2)cc1C)c1ccccc1. The van der Waals surface area contributed by atoms with Crippen molar-refractivity contribution in [3.05, 3.63) is 59.7 Å². The van der Waals surface area contributed by atoms with Crippen molar-refractivity contribution in [3.63, 3.8) is 0 Å². The average molecular weight is 380 g/mol. The van der Waals surface area contributed by atoms with E-state index < -0.39 is 0 Å². The van der Waals surface area contributed by atoms with E-state index in [1.54, 1.807) is 0 Å². The minimum absolute atomic E-state index is 0.0838. The highest BCUT2D eigenvalue weighted by atomic mass is 16.1. The lowest BCUT2D eigenvalue weighted by Crippen LogP contribution is -2.46. The highest BCUT2D eigenvalue weighted by molar-refractivity contribution is 5.96. The van der Waals surface area contributed by atoms with E-state index in [0.29, 0.717) is 0 Å².